The highest BCUT2D eigenvalue weighted by molar-refractivity contribution is 7.89. The van der Waals surface area contributed by atoms with Crippen molar-refractivity contribution in [2.45, 2.75) is 31.6 Å². The first-order chi connectivity index (χ1) is 14.4. The number of nitrogens with one attached hydrogen (secondary N) is 1. The van der Waals surface area contributed by atoms with Crippen LogP contribution in [0.2, 0.25) is 0 Å². The molecule has 6 nitrogen and oxygen atoms in total. The molecule has 1 unspecified atom stereocenters. The van der Waals surface area contributed by atoms with Gasteiger partial charge in [0.25, 0.3) is 0 Å². The van der Waals surface area contributed by atoms with Crippen LogP contribution >= 0.6 is 0 Å². The minimum atomic E-state index is -3.68. The molecule has 0 radical (unpaired) electrons. The fourth-order valence-corrected chi connectivity index (χ4v) is 5.97. The number of H-pyrrole nitrogens is 1. The summed E-state index contributed by atoms with van der Waals surface area (Å²) in [5.41, 5.74) is 3.74. The number of nitrogens with zero attached hydrogens (tertiary/aromatic N) is 2. The van der Waals surface area contributed by atoms with Crippen molar-refractivity contribution >= 4 is 15.8 Å². The Bertz CT molecular complexity index is 1130. The maximum absolute atomic E-state index is 13.2. The number of hydrogen-bond acceptors (Lipinski definition) is 4. The van der Waals surface area contributed by atoms with Gasteiger partial charge in [0, 0.05) is 24.6 Å². The van der Waals surface area contributed by atoms with E-state index in [1.165, 1.54) is 4.31 Å². The Morgan fingerprint density at radius 2 is 1.70 bits per heavy atom. The SMILES string of the molecule is Cc1n[nH]c(C)c1S(=O)(=O)N1CCCC(C(=O)c2ccc(-c3ccccc3)cc2)C1. The molecule has 1 N–H and O–H groups in total. The molecule has 1 saturated heterocycles. The molecule has 0 spiro atoms. The lowest BCUT2D eigenvalue weighted by Crippen LogP contribution is -2.42. The molecule has 4 rings (SSSR count). The summed E-state index contributed by atoms with van der Waals surface area (Å²) in [4.78, 5) is 13.3. The molecule has 7 heteroatoms. The second kappa shape index (κ2) is 8.16. The predicted octanol–water partition coefficient (Wildman–Crippen LogP) is 3.98. The second-order valence-electron chi connectivity index (χ2n) is 7.77. The van der Waals surface area contributed by atoms with Crippen LogP contribution < -0.4 is 0 Å². The number of hydrogen-bond donors (Lipinski definition) is 1. The van der Waals surface area contributed by atoms with E-state index in [9.17, 15) is 13.2 Å². The molecule has 2 aromatic carbocycles. The smallest absolute Gasteiger partial charge is 0.246 e. The molecular formula is C23H25N3O3S. The van der Waals surface area contributed by atoms with Crippen molar-refractivity contribution in [3.8, 4) is 11.1 Å². The van der Waals surface area contributed by atoms with Gasteiger partial charge in [0.05, 0.1) is 11.4 Å². The van der Waals surface area contributed by atoms with Gasteiger partial charge in [-0.15, -0.1) is 0 Å². The predicted molar refractivity (Wildman–Crippen MR) is 116 cm³/mol. The van der Waals surface area contributed by atoms with Crippen molar-refractivity contribution < 1.29 is 13.2 Å². The first-order valence-corrected chi connectivity index (χ1v) is 11.5. The van der Waals surface area contributed by atoms with Crippen molar-refractivity contribution in [3.05, 3.63) is 71.5 Å². The van der Waals surface area contributed by atoms with Crippen molar-refractivity contribution in [3.63, 3.8) is 0 Å². The summed E-state index contributed by atoms with van der Waals surface area (Å²) in [7, 11) is -3.68. The molecule has 0 bridgehead atoms. The first-order valence-electron chi connectivity index (χ1n) is 10.1. The van der Waals surface area contributed by atoms with Gasteiger partial charge >= 0.3 is 0 Å². The second-order valence-corrected chi connectivity index (χ2v) is 9.65. The number of carbonyl (C=O) groups is 1. The lowest BCUT2D eigenvalue weighted by Gasteiger charge is -2.31. The highest BCUT2D eigenvalue weighted by atomic mass is 32.2. The lowest BCUT2D eigenvalue weighted by molar-refractivity contribution is 0.0872. The summed E-state index contributed by atoms with van der Waals surface area (Å²) in [6.07, 6.45) is 1.35. The molecule has 156 valence electrons. The number of sulfonamides is 1. The molecule has 1 aromatic heterocycles. The first kappa shape index (κ1) is 20.5. The van der Waals surface area contributed by atoms with Gasteiger partial charge in [0.2, 0.25) is 10.0 Å². The van der Waals surface area contributed by atoms with Crippen LogP contribution in [0.4, 0.5) is 0 Å². The maximum atomic E-state index is 13.2. The largest absolute Gasteiger partial charge is 0.294 e. The van der Waals surface area contributed by atoms with Crippen LogP contribution in [-0.2, 0) is 10.0 Å². The monoisotopic (exact) mass is 423 g/mol. The number of Topliss-reactive ketones (excluding diaryl/α,β-unsaturated/α-hetero) is 1. The molecule has 30 heavy (non-hydrogen) atoms. The Morgan fingerprint density at radius 1 is 1.03 bits per heavy atom. The van der Waals surface area contributed by atoms with E-state index < -0.39 is 10.0 Å². The van der Waals surface area contributed by atoms with E-state index in [0.717, 1.165) is 11.1 Å². The molecule has 1 fully saturated rings. The fourth-order valence-electron chi connectivity index (χ4n) is 4.12. The van der Waals surface area contributed by atoms with Gasteiger partial charge in [-0.2, -0.15) is 9.40 Å². The van der Waals surface area contributed by atoms with Gasteiger partial charge in [-0.25, -0.2) is 8.42 Å². The number of aromatic amines is 1. The zero-order valence-corrected chi connectivity index (χ0v) is 17.9. The molecule has 1 aliphatic rings. The van der Waals surface area contributed by atoms with Gasteiger partial charge < -0.3 is 0 Å². The van der Waals surface area contributed by atoms with E-state index in [4.69, 9.17) is 0 Å². The maximum Gasteiger partial charge on any atom is 0.246 e. The quantitative estimate of drug-likeness (QED) is 0.629. The van der Waals surface area contributed by atoms with Crippen LogP contribution in [-0.4, -0.2) is 41.8 Å². The molecule has 1 aliphatic heterocycles. The summed E-state index contributed by atoms with van der Waals surface area (Å²) < 4.78 is 27.7. The molecule has 3 aromatic rings. The van der Waals surface area contributed by atoms with Crippen LogP contribution in [0, 0.1) is 19.8 Å². The van der Waals surface area contributed by atoms with Crippen LogP contribution in [0.5, 0.6) is 0 Å². The van der Waals surface area contributed by atoms with E-state index in [0.29, 0.717) is 36.3 Å². The number of aryl methyl sites for hydroxylation is 2. The highest BCUT2D eigenvalue weighted by Crippen LogP contribution is 2.29. The number of ketones is 1. The Morgan fingerprint density at radius 3 is 2.33 bits per heavy atom. The van der Waals surface area contributed by atoms with E-state index >= 15 is 0 Å². The molecule has 0 saturated carbocycles. The average molecular weight is 424 g/mol. The molecule has 0 aliphatic carbocycles. The molecule has 1 atom stereocenters. The average Bonchev–Trinajstić information content (AvgIpc) is 3.12. The van der Waals surface area contributed by atoms with Gasteiger partial charge in [-0.1, -0.05) is 54.6 Å². The topological polar surface area (TPSA) is 83.1 Å². The molecular weight excluding hydrogens is 398 g/mol. The van der Waals surface area contributed by atoms with E-state index in [-0.39, 0.29) is 23.1 Å². The number of aromatic nitrogens is 2. The number of piperidine rings is 1. The summed E-state index contributed by atoms with van der Waals surface area (Å²) in [6.45, 7) is 4.00. The summed E-state index contributed by atoms with van der Waals surface area (Å²) >= 11 is 0. The normalized spacial score (nSPS) is 17.7. The molecule has 0 amide bonds. The standard InChI is InChI=1S/C23H25N3O3S/c1-16-23(17(2)25-24-16)30(28,29)26-14-6-9-21(15-26)22(27)20-12-10-19(11-13-20)18-7-4-3-5-8-18/h3-5,7-8,10-13,21H,6,9,14-15H2,1-2H3,(H,24,25). The van der Waals surface area contributed by atoms with Crippen molar-refractivity contribution in [2.75, 3.05) is 13.1 Å². The summed E-state index contributed by atoms with van der Waals surface area (Å²) in [5.74, 6) is -0.348. The Kier molecular flexibility index (Phi) is 5.58. The van der Waals surface area contributed by atoms with Crippen LogP contribution in [0.1, 0.15) is 34.6 Å². The lowest BCUT2D eigenvalue weighted by atomic mass is 9.90. The van der Waals surface area contributed by atoms with Crippen molar-refractivity contribution in [1.82, 2.24) is 14.5 Å². The summed E-state index contributed by atoms with van der Waals surface area (Å²) in [5, 5.41) is 6.75. The van der Waals surface area contributed by atoms with Crippen LogP contribution in [0.3, 0.4) is 0 Å². The zero-order chi connectivity index (χ0) is 21.3. The van der Waals surface area contributed by atoms with E-state index in [1.54, 1.807) is 13.8 Å². The van der Waals surface area contributed by atoms with Crippen molar-refractivity contribution in [2.24, 2.45) is 5.92 Å². The highest BCUT2D eigenvalue weighted by Gasteiger charge is 2.35. The van der Waals surface area contributed by atoms with E-state index in [2.05, 4.69) is 10.2 Å². The van der Waals surface area contributed by atoms with Gasteiger partial charge in [0.15, 0.2) is 5.78 Å². The van der Waals surface area contributed by atoms with Gasteiger partial charge in [-0.05, 0) is 37.8 Å². The zero-order valence-electron chi connectivity index (χ0n) is 17.1. The third kappa shape index (κ3) is 3.82. The van der Waals surface area contributed by atoms with E-state index in [1.807, 2.05) is 54.6 Å². The fraction of sp³-hybridized carbons (Fsp3) is 0.304. The van der Waals surface area contributed by atoms with Crippen molar-refractivity contribution in [1.29, 1.82) is 0 Å². The Labute approximate surface area is 177 Å². The number of benzene rings is 2. The third-order valence-electron chi connectivity index (χ3n) is 5.69. The van der Waals surface area contributed by atoms with Crippen LogP contribution in [0.25, 0.3) is 11.1 Å². The Balaban J connectivity index is 1.53. The number of rotatable bonds is 5. The van der Waals surface area contributed by atoms with Crippen LogP contribution in [0.15, 0.2) is 59.5 Å². The minimum Gasteiger partial charge on any atom is -0.294 e. The summed E-state index contributed by atoms with van der Waals surface area (Å²) in [6, 6.07) is 17.5. The number of carbonyl (C=O) groups excluding carboxylic acids is 1. The minimum absolute atomic E-state index is 0.00449. The van der Waals surface area contributed by atoms with Gasteiger partial charge in [0.1, 0.15) is 4.90 Å². The molecule has 2 heterocycles. The Hall–Kier alpha value is -2.77. The van der Waals surface area contributed by atoms with Gasteiger partial charge in [-0.3, -0.25) is 9.89 Å². The third-order valence-corrected chi connectivity index (χ3v) is 7.82.